The first-order chi connectivity index (χ1) is 8.88. The predicted molar refractivity (Wildman–Crippen MR) is 71.1 cm³/mol. The number of aliphatic hydroxyl groups is 1. The predicted octanol–water partition coefficient (Wildman–Crippen LogP) is 3.97. The van der Waals surface area contributed by atoms with Gasteiger partial charge in [0.1, 0.15) is 17.7 Å². The molecule has 0 fully saturated rings. The minimum atomic E-state index is -1.09. The van der Waals surface area contributed by atoms with Crippen molar-refractivity contribution >= 4 is 0 Å². The van der Waals surface area contributed by atoms with Gasteiger partial charge in [-0.2, -0.15) is 0 Å². The number of hydrogen-bond donors (Lipinski definition) is 1. The average molecular weight is 262 g/mol. The summed E-state index contributed by atoms with van der Waals surface area (Å²) in [4.78, 5) is 0. The SMILES string of the molecule is Cc1cc(C)cc(C(O)c2cc(C)c(F)cc2F)c1. The minimum absolute atomic E-state index is 0.101. The van der Waals surface area contributed by atoms with E-state index in [2.05, 4.69) is 0 Å². The Hall–Kier alpha value is -1.74. The summed E-state index contributed by atoms with van der Waals surface area (Å²) in [6, 6.07) is 7.75. The fourth-order valence-electron chi connectivity index (χ4n) is 2.24. The van der Waals surface area contributed by atoms with Crippen LogP contribution in [0.2, 0.25) is 0 Å². The summed E-state index contributed by atoms with van der Waals surface area (Å²) in [6.07, 6.45) is -1.09. The highest BCUT2D eigenvalue weighted by atomic mass is 19.1. The molecular formula is C16H16F2O. The normalized spacial score (nSPS) is 12.5. The molecule has 0 saturated carbocycles. The van der Waals surface area contributed by atoms with Crippen LogP contribution in [-0.2, 0) is 0 Å². The van der Waals surface area contributed by atoms with Crippen molar-refractivity contribution in [1.29, 1.82) is 0 Å². The van der Waals surface area contributed by atoms with Crippen LogP contribution in [0.1, 0.15) is 33.9 Å². The zero-order valence-corrected chi connectivity index (χ0v) is 11.2. The molecular weight excluding hydrogens is 246 g/mol. The van der Waals surface area contributed by atoms with Gasteiger partial charge in [0.15, 0.2) is 0 Å². The molecule has 2 rings (SSSR count). The summed E-state index contributed by atoms with van der Waals surface area (Å²) in [7, 11) is 0. The Labute approximate surface area is 111 Å². The molecule has 0 aliphatic carbocycles. The van der Waals surface area contributed by atoms with Crippen LogP contribution in [-0.4, -0.2) is 5.11 Å². The van der Waals surface area contributed by atoms with Crippen molar-refractivity contribution in [3.63, 3.8) is 0 Å². The molecule has 0 amide bonds. The van der Waals surface area contributed by atoms with Gasteiger partial charge < -0.3 is 5.11 Å². The Bertz CT molecular complexity index is 600. The zero-order valence-electron chi connectivity index (χ0n) is 11.2. The van der Waals surface area contributed by atoms with Crippen LogP contribution < -0.4 is 0 Å². The largest absolute Gasteiger partial charge is 0.384 e. The van der Waals surface area contributed by atoms with Gasteiger partial charge >= 0.3 is 0 Å². The molecule has 0 aromatic heterocycles. The molecule has 0 aliphatic heterocycles. The molecule has 2 aromatic carbocycles. The van der Waals surface area contributed by atoms with E-state index < -0.39 is 17.7 Å². The average Bonchev–Trinajstić information content (AvgIpc) is 2.31. The third-order valence-corrected chi connectivity index (χ3v) is 3.13. The maximum Gasteiger partial charge on any atom is 0.132 e. The number of halogens is 2. The summed E-state index contributed by atoms with van der Waals surface area (Å²) in [5, 5.41) is 10.3. The van der Waals surface area contributed by atoms with Gasteiger partial charge in [-0.3, -0.25) is 0 Å². The molecule has 100 valence electrons. The number of aliphatic hydroxyl groups excluding tert-OH is 1. The van der Waals surface area contributed by atoms with Crippen molar-refractivity contribution in [2.24, 2.45) is 0 Å². The third-order valence-electron chi connectivity index (χ3n) is 3.13. The summed E-state index contributed by atoms with van der Waals surface area (Å²) in [5.74, 6) is -1.33. The van der Waals surface area contributed by atoms with E-state index in [1.54, 1.807) is 19.1 Å². The van der Waals surface area contributed by atoms with Crippen LogP contribution in [0.25, 0.3) is 0 Å². The van der Waals surface area contributed by atoms with Crippen molar-refractivity contribution < 1.29 is 13.9 Å². The van der Waals surface area contributed by atoms with Crippen molar-refractivity contribution in [2.45, 2.75) is 26.9 Å². The number of rotatable bonds is 2. The highest BCUT2D eigenvalue weighted by Crippen LogP contribution is 2.27. The molecule has 1 unspecified atom stereocenters. The van der Waals surface area contributed by atoms with Crippen LogP contribution in [0.5, 0.6) is 0 Å². The van der Waals surface area contributed by atoms with E-state index in [9.17, 15) is 13.9 Å². The second kappa shape index (κ2) is 5.10. The number of hydrogen-bond acceptors (Lipinski definition) is 1. The maximum absolute atomic E-state index is 13.8. The molecule has 1 N–H and O–H groups in total. The van der Waals surface area contributed by atoms with Gasteiger partial charge in [-0.1, -0.05) is 29.3 Å². The number of benzene rings is 2. The maximum atomic E-state index is 13.8. The number of aryl methyl sites for hydroxylation is 3. The molecule has 3 heteroatoms. The van der Waals surface area contributed by atoms with Gasteiger partial charge in [-0.25, -0.2) is 8.78 Å². The van der Waals surface area contributed by atoms with Gasteiger partial charge in [0.25, 0.3) is 0 Å². The standard InChI is InChI=1S/C16H16F2O/c1-9-4-10(2)6-12(5-9)16(19)13-7-11(3)14(17)8-15(13)18/h4-8,16,19H,1-3H3. The van der Waals surface area contributed by atoms with E-state index in [1.165, 1.54) is 6.07 Å². The molecule has 0 heterocycles. The molecule has 2 aromatic rings. The minimum Gasteiger partial charge on any atom is -0.384 e. The molecule has 0 aliphatic rings. The molecule has 19 heavy (non-hydrogen) atoms. The van der Waals surface area contributed by atoms with Gasteiger partial charge in [0, 0.05) is 11.6 Å². The van der Waals surface area contributed by atoms with Crippen molar-refractivity contribution in [2.75, 3.05) is 0 Å². The van der Waals surface area contributed by atoms with Crippen molar-refractivity contribution in [1.82, 2.24) is 0 Å². The Morgan fingerprint density at radius 3 is 2.00 bits per heavy atom. The highest BCUT2D eigenvalue weighted by Gasteiger charge is 2.17. The van der Waals surface area contributed by atoms with E-state index >= 15 is 0 Å². The van der Waals surface area contributed by atoms with Gasteiger partial charge in [-0.05, 0) is 38.0 Å². The monoisotopic (exact) mass is 262 g/mol. The second-order valence-electron chi connectivity index (χ2n) is 4.95. The first-order valence-electron chi connectivity index (χ1n) is 6.10. The highest BCUT2D eigenvalue weighted by molar-refractivity contribution is 5.37. The molecule has 0 radical (unpaired) electrons. The summed E-state index contributed by atoms with van der Waals surface area (Å²) < 4.78 is 27.0. The lowest BCUT2D eigenvalue weighted by molar-refractivity contribution is 0.214. The topological polar surface area (TPSA) is 20.2 Å². The lowest BCUT2D eigenvalue weighted by atomic mass is 9.96. The van der Waals surface area contributed by atoms with E-state index in [0.717, 1.165) is 17.2 Å². The Morgan fingerprint density at radius 1 is 0.842 bits per heavy atom. The van der Waals surface area contributed by atoms with Crippen LogP contribution >= 0.6 is 0 Å². The first-order valence-corrected chi connectivity index (χ1v) is 6.10. The van der Waals surface area contributed by atoms with Crippen LogP contribution in [0, 0.1) is 32.4 Å². The Kier molecular flexibility index (Phi) is 3.67. The van der Waals surface area contributed by atoms with Gasteiger partial charge in [0.05, 0.1) is 0 Å². The first kappa shape index (κ1) is 13.7. The van der Waals surface area contributed by atoms with E-state index in [-0.39, 0.29) is 5.56 Å². The molecule has 1 atom stereocenters. The summed E-state index contributed by atoms with van der Waals surface area (Å²) in [5.41, 5.74) is 3.02. The van der Waals surface area contributed by atoms with E-state index in [1.807, 2.05) is 19.9 Å². The van der Waals surface area contributed by atoms with Gasteiger partial charge in [0.2, 0.25) is 0 Å². The fraction of sp³-hybridized carbons (Fsp3) is 0.250. The lowest BCUT2D eigenvalue weighted by Crippen LogP contribution is -2.05. The quantitative estimate of drug-likeness (QED) is 0.868. The van der Waals surface area contributed by atoms with Crippen molar-refractivity contribution in [3.8, 4) is 0 Å². The smallest absolute Gasteiger partial charge is 0.132 e. The fourth-order valence-corrected chi connectivity index (χ4v) is 2.24. The van der Waals surface area contributed by atoms with Gasteiger partial charge in [-0.15, -0.1) is 0 Å². The second-order valence-corrected chi connectivity index (χ2v) is 4.95. The van der Waals surface area contributed by atoms with Crippen molar-refractivity contribution in [3.05, 3.63) is 69.8 Å². The van der Waals surface area contributed by atoms with Crippen LogP contribution in [0.3, 0.4) is 0 Å². The molecule has 0 bridgehead atoms. The molecule has 0 saturated heterocycles. The zero-order chi connectivity index (χ0) is 14.2. The molecule has 0 spiro atoms. The Morgan fingerprint density at radius 2 is 1.42 bits per heavy atom. The Balaban J connectivity index is 2.49. The summed E-state index contributed by atoms with van der Waals surface area (Å²) >= 11 is 0. The van der Waals surface area contributed by atoms with E-state index in [0.29, 0.717) is 11.1 Å². The van der Waals surface area contributed by atoms with E-state index in [4.69, 9.17) is 0 Å². The van der Waals surface area contributed by atoms with Crippen LogP contribution in [0.15, 0.2) is 30.3 Å². The van der Waals surface area contributed by atoms with Crippen LogP contribution in [0.4, 0.5) is 8.78 Å². The summed E-state index contributed by atoms with van der Waals surface area (Å²) in [6.45, 7) is 5.37. The molecule has 1 nitrogen and oxygen atoms in total. The third kappa shape index (κ3) is 2.82. The lowest BCUT2D eigenvalue weighted by Gasteiger charge is -2.15.